The molecule has 5 aromatic carbocycles. The Morgan fingerprint density at radius 1 is 0.697 bits per heavy atom. The minimum Gasteiger partial charge on any atom is -0.505 e. The molecule has 1 heterocycles. The Kier molecular flexibility index (Phi) is 14.4. The van der Waals surface area contributed by atoms with Crippen LogP contribution in [0.25, 0.3) is 10.8 Å². The summed E-state index contributed by atoms with van der Waals surface area (Å²) in [5, 5.41) is 83.5. The van der Waals surface area contributed by atoms with Gasteiger partial charge in [0.1, 0.15) is 32.5 Å². The molecular weight excluding hydrogens is 991 g/mol. The summed E-state index contributed by atoms with van der Waals surface area (Å²) in [6, 6.07) is 10.2. The van der Waals surface area contributed by atoms with E-state index < -0.39 is 103 Å². The molecule has 0 spiro atoms. The van der Waals surface area contributed by atoms with Crippen molar-refractivity contribution in [2.45, 2.75) is 30.5 Å². The first kappa shape index (κ1) is 48.8. The molecule has 0 radical (unpaired) electrons. The van der Waals surface area contributed by atoms with E-state index in [1.165, 1.54) is 6.07 Å². The molecule has 1 unspecified atom stereocenters. The monoisotopic (exact) mass is 1010 g/mol. The van der Waals surface area contributed by atoms with Crippen LogP contribution in [0.1, 0.15) is 0 Å². The van der Waals surface area contributed by atoms with Crippen molar-refractivity contribution in [1.82, 2.24) is 0 Å². The van der Waals surface area contributed by atoms with Crippen molar-refractivity contribution in [1.29, 1.82) is 0 Å². The lowest BCUT2D eigenvalue weighted by molar-refractivity contribution is -0.432. The number of carbonyl (C=O) groups is 2. The second-order valence-corrected chi connectivity index (χ2v) is 18.1. The molecule has 0 saturated carbocycles. The van der Waals surface area contributed by atoms with Crippen molar-refractivity contribution in [3.8, 4) is 11.5 Å². The third-order valence-electron chi connectivity index (χ3n) is 8.35. The van der Waals surface area contributed by atoms with Gasteiger partial charge in [-0.2, -0.15) is 45.6 Å². The topological polar surface area (TPSA) is 451 Å². The summed E-state index contributed by atoms with van der Waals surface area (Å²) in [7, 11) is -14.9. The Balaban J connectivity index is 1.40. The number of benzene rings is 5. The molecule has 0 aliphatic carbocycles. The maximum absolute atomic E-state index is 13.2. The molecule has 0 saturated heterocycles. The van der Waals surface area contributed by atoms with E-state index in [1.54, 1.807) is 0 Å². The SMILES string of the molecule is Nc1ccc(N=Nc2c(SOOO)cc3cc(S(=O)(=O)O)c(N=Nc4ccc(N=NC5C(=O)N(c6ccc(S(=O)(=O)O)cc6)N=C5C(=O)O)cc4SOOO)c(O)c3c2O)c(S(=O)(=O)O)c1. The van der Waals surface area contributed by atoms with Crippen LogP contribution in [0.4, 0.5) is 39.8 Å². The number of phenols is 2. The molecule has 5 aromatic rings. The molecule has 6 rings (SSSR count). The number of hydrazone groups is 1. The number of aromatic hydroxyl groups is 2. The van der Waals surface area contributed by atoms with Crippen molar-refractivity contribution in [2.24, 2.45) is 35.8 Å². The van der Waals surface area contributed by atoms with E-state index in [4.69, 9.17) is 16.2 Å². The van der Waals surface area contributed by atoms with E-state index in [1.807, 2.05) is 0 Å². The summed E-state index contributed by atoms with van der Waals surface area (Å²) in [4.78, 5) is 22.2. The van der Waals surface area contributed by atoms with Gasteiger partial charge in [-0.3, -0.25) is 18.5 Å². The molecular formula is C32H23N9O20S5. The largest absolute Gasteiger partial charge is 0.505 e. The summed E-state index contributed by atoms with van der Waals surface area (Å²) in [5.74, 6) is -4.95. The molecule has 34 heteroatoms. The molecule has 1 aliphatic heterocycles. The van der Waals surface area contributed by atoms with Gasteiger partial charge in [0.15, 0.2) is 17.2 Å². The average molecular weight is 1010 g/mol. The van der Waals surface area contributed by atoms with Crippen LogP contribution in [-0.2, 0) is 58.7 Å². The number of carboxylic acid groups (broad SMARTS) is 1. The molecule has 346 valence electrons. The van der Waals surface area contributed by atoms with Crippen molar-refractivity contribution >= 4 is 123 Å². The van der Waals surface area contributed by atoms with Crippen LogP contribution in [0.2, 0.25) is 0 Å². The first-order valence-electron chi connectivity index (χ1n) is 16.8. The number of nitrogens with zero attached hydrogens (tertiary/aromatic N) is 8. The maximum Gasteiger partial charge on any atom is 0.355 e. The number of hydrogen-bond acceptors (Lipinski definition) is 26. The molecule has 1 amide bonds. The van der Waals surface area contributed by atoms with Crippen LogP contribution in [0.5, 0.6) is 11.5 Å². The predicted octanol–water partition coefficient (Wildman–Crippen LogP) is 6.20. The fraction of sp³-hybridized carbons (Fsp3) is 0.0312. The summed E-state index contributed by atoms with van der Waals surface area (Å²) in [5.41, 5.74) is 1.94. The van der Waals surface area contributed by atoms with Crippen LogP contribution in [0.15, 0.2) is 133 Å². The molecule has 0 fully saturated rings. The van der Waals surface area contributed by atoms with Gasteiger partial charge in [0.05, 0.1) is 55.5 Å². The number of carboxylic acids is 1. The zero-order valence-electron chi connectivity index (χ0n) is 31.7. The minimum absolute atomic E-state index is 0.104. The number of nitrogen functional groups attached to an aromatic ring is 1. The number of hydrogen-bond donors (Lipinski definition) is 9. The van der Waals surface area contributed by atoms with Crippen LogP contribution < -0.4 is 10.7 Å². The number of nitrogens with two attached hydrogens (primary N) is 1. The predicted molar refractivity (Wildman–Crippen MR) is 221 cm³/mol. The first-order chi connectivity index (χ1) is 31.0. The van der Waals surface area contributed by atoms with E-state index in [0.29, 0.717) is 11.1 Å². The minimum atomic E-state index is -5.32. The Bertz CT molecular complexity index is 3260. The number of amides is 1. The second kappa shape index (κ2) is 19.4. The number of anilines is 2. The number of phenolic OH excluding ortho intramolecular Hbond substituents is 2. The van der Waals surface area contributed by atoms with E-state index >= 15 is 0 Å². The van der Waals surface area contributed by atoms with Crippen molar-refractivity contribution in [2.75, 3.05) is 10.7 Å². The zero-order valence-corrected chi connectivity index (χ0v) is 35.8. The molecule has 0 aromatic heterocycles. The second-order valence-electron chi connectivity index (χ2n) is 12.5. The summed E-state index contributed by atoms with van der Waals surface area (Å²) in [6.07, 6.45) is 0. The number of azo groups is 3. The Hall–Kier alpha value is -6.64. The van der Waals surface area contributed by atoms with Gasteiger partial charge in [-0.05, 0) is 78.2 Å². The fourth-order valence-electron chi connectivity index (χ4n) is 5.54. The maximum atomic E-state index is 13.2. The Morgan fingerprint density at radius 2 is 1.29 bits per heavy atom. The normalized spacial score (nSPS) is 14.9. The number of carbonyl (C=O) groups excluding carboxylic acids is 1. The van der Waals surface area contributed by atoms with Gasteiger partial charge in [0.25, 0.3) is 36.3 Å². The van der Waals surface area contributed by atoms with E-state index in [2.05, 4.69) is 54.5 Å². The van der Waals surface area contributed by atoms with Gasteiger partial charge in [0, 0.05) is 5.69 Å². The standard InChI is InChI=1S/C32H23N9O20S5/c33-14-1-7-19(22(11-14)65(52,53)54)36-37-25-21(63-61-59-48)9-13-10-23(66(55,56)57)26(30(43)24(13)29(25)42)38-35-18-8-2-15(12-20(18)62-60-58-47)34-39-27-28(32(45)46)40-41(31(27)44)16-3-5-17(6-4-16)64(49,50)51/h1-12,27,42-43,47-48H,33H2,(H,45,46)(H,49,50,51)(H,52,53,54)(H,55,56,57). The summed E-state index contributed by atoms with van der Waals surface area (Å²) < 4.78 is 110. The first-order valence-corrected chi connectivity index (χ1v) is 22.6. The lowest BCUT2D eigenvalue weighted by Gasteiger charge is -2.13. The van der Waals surface area contributed by atoms with Crippen molar-refractivity contribution in [3.63, 3.8) is 0 Å². The highest BCUT2D eigenvalue weighted by molar-refractivity contribution is 7.95. The van der Waals surface area contributed by atoms with E-state index in [-0.39, 0.29) is 62.0 Å². The number of rotatable bonds is 17. The average Bonchev–Trinajstić information content (AvgIpc) is 3.58. The van der Waals surface area contributed by atoms with Gasteiger partial charge >= 0.3 is 5.97 Å². The van der Waals surface area contributed by atoms with E-state index in [9.17, 15) is 63.8 Å². The van der Waals surface area contributed by atoms with Crippen LogP contribution in [-0.4, -0.2) is 88.4 Å². The van der Waals surface area contributed by atoms with Gasteiger partial charge in [-0.15, -0.1) is 29.1 Å². The van der Waals surface area contributed by atoms with Gasteiger partial charge in [-0.25, -0.2) is 15.3 Å². The molecule has 29 nitrogen and oxygen atoms in total. The van der Waals surface area contributed by atoms with Crippen LogP contribution in [0.3, 0.4) is 0 Å². The lowest BCUT2D eigenvalue weighted by Crippen LogP contribution is -2.33. The smallest absolute Gasteiger partial charge is 0.355 e. The third-order valence-corrected chi connectivity index (χ3v) is 12.2. The highest BCUT2D eigenvalue weighted by Gasteiger charge is 2.41. The summed E-state index contributed by atoms with van der Waals surface area (Å²) >= 11 is 0.355. The van der Waals surface area contributed by atoms with Gasteiger partial charge < -0.3 is 21.1 Å². The molecule has 10 N–H and O–H groups in total. The Labute approximate surface area is 375 Å². The van der Waals surface area contributed by atoms with Crippen LogP contribution >= 0.6 is 24.1 Å². The molecule has 0 bridgehead atoms. The summed E-state index contributed by atoms with van der Waals surface area (Å²) in [6.45, 7) is 0. The highest BCUT2D eigenvalue weighted by Crippen LogP contribution is 2.51. The van der Waals surface area contributed by atoms with Crippen molar-refractivity contribution < 1.29 is 93.1 Å². The number of aliphatic carboxylic acids is 1. The van der Waals surface area contributed by atoms with E-state index in [0.717, 1.165) is 60.7 Å². The third kappa shape index (κ3) is 10.7. The molecule has 66 heavy (non-hydrogen) atoms. The van der Waals surface area contributed by atoms with Gasteiger partial charge in [-0.1, -0.05) is 10.1 Å². The lowest BCUT2D eigenvalue weighted by atomic mass is 10.1. The van der Waals surface area contributed by atoms with Crippen LogP contribution in [0, 0.1) is 0 Å². The highest BCUT2D eigenvalue weighted by atomic mass is 32.2. The molecule has 1 aliphatic rings. The quantitative estimate of drug-likeness (QED) is 0.0125. The fourth-order valence-corrected chi connectivity index (χ4v) is 8.30. The zero-order chi connectivity index (χ0) is 48.3. The van der Waals surface area contributed by atoms with Gasteiger partial charge in [0.2, 0.25) is 6.04 Å². The Morgan fingerprint density at radius 3 is 1.89 bits per heavy atom. The molecule has 1 atom stereocenters. The van der Waals surface area contributed by atoms with Crippen molar-refractivity contribution in [3.05, 3.63) is 72.8 Å². The number of fused-ring (bicyclic) bond motifs is 1.